The minimum Gasteiger partial charge on any atom is -0.382 e. The van der Waals surface area contributed by atoms with Gasteiger partial charge >= 0.3 is 0 Å². The van der Waals surface area contributed by atoms with Crippen molar-refractivity contribution in [2.24, 2.45) is 0 Å². The summed E-state index contributed by atoms with van der Waals surface area (Å²) in [6.07, 6.45) is 3.81. The van der Waals surface area contributed by atoms with Gasteiger partial charge in [0.1, 0.15) is 11.4 Å². The quantitative estimate of drug-likeness (QED) is 0.358. The van der Waals surface area contributed by atoms with E-state index in [1.165, 1.54) is 19.3 Å². The van der Waals surface area contributed by atoms with Crippen molar-refractivity contribution in [2.45, 2.75) is 19.3 Å². The molecular formula is C27H31ClN6O2. The van der Waals surface area contributed by atoms with Gasteiger partial charge in [-0.05, 0) is 62.3 Å². The molecule has 188 valence electrons. The van der Waals surface area contributed by atoms with E-state index in [2.05, 4.69) is 37.2 Å². The monoisotopic (exact) mass is 506 g/mol. The zero-order valence-corrected chi connectivity index (χ0v) is 21.0. The lowest BCUT2D eigenvalue weighted by Crippen LogP contribution is -2.36. The number of nitrogens with one attached hydrogen (secondary N) is 3. The molecule has 0 unspecified atom stereocenters. The molecular weight excluding hydrogens is 476 g/mol. The molecule has 0 radical (unpaired) electrons. The first kappa shape index (κ1) is 23.3. The highest BCUT2D eigenvalue weighted by atomic mass is 35.5. The number of aromatic nitrogens is 3. The van der Waals surface area contributed by atoms with Crippen molar-refractivity contribution in [2.75, 3.05) is 62.7 Å². The molecule has 4 aromatic rings. The van der Waals surface area contributed by atoms with Gasteiger partial charge in [0.2, 0.25) is 0 Å². The second-order valence-electron chi connectivity index (χ2n) is 9.61. The number of hydrogen-bond donors (Lipinski definition) is 3. The van der Waals surface area contributed by atoms with Gasteiger partial charge in [0, 0.05) is 42.3 Å². The Morgan fingerprint density at radius 3 is 2.64 bits per heavy atom. The first-order valence-corrected chi connectivity index (χ1v) is 13.2. The Kier molecular flexibility index (Phi) is 6.56. The molecule has 4 heterocycles. The van der Waals surface area contributed by atoms with Crippen LogP contribution in [-0.2, 0) is 4.74 Å². The molecule has 2 aromatic carbocycles. The molecule has 6 rings (SSSR count). The van der Waals surface area contributed by atoms with Gasteiger partial charge in [-0.25, -0.2) is 4.98 Å². The van der Waals surface area contributed by atoms with Crippen LogP contribution < -0.4 is 15.8 Å². The Morgan fingerprint density at radius 1 is 0.972 bits per heavy atom. The number of anilines is 2. The summed E-state index contributed by atoms with van der Waals surface area (Å²) in [6, 6.07) is 11.7. The number of piperidine rings is 1. The average molecular weight is 507 g/mol. The summed E-state index contributed by atoms with van der Waals surface area (Å²) in [5.41, 5.74) is 4.69. The van der Waals surface area contributed by atoms with Gasteiger partial charge in [0.25, 0.3) is 5.56 Å². The maximum absolute atomic E-state index is 13.4. The summed E-state index contributed by atoms with van der Waals surface area (Å²) in [7, 11) is 0. The minimum atomic E-state index is -0.183. The fourth-order valence-electron chi connectivity index (χ4n) is 5.33. The molecule has 2 aromatic heterocycles. The Balaban J connectivity index is 1.38. The summed E-state index contributed by atoms with van der Waals surface area (Å²) in [6.45, 7) is 7.11. The van der Waals surface area contributed by atoms with E-state index in [1.54, 1.807) is 6.07 Å². The molecule has 0 aliphatic carbocycles. The zero-order chi connectivity index (χ0) is 24.5. The number of likely N-dealkylation sites (tertiary alicyclic amines) is 1. The van der Waals surface area contributed by atoms with E-state index in [4.69, 9.17) is 21.3 Å². The fraction of sp³-hybridized carbons (Fsp3) is 0.407. The molecule has 3 N–H and O–H groups in total. The number of pyridine rings is 1. The molecule has 0 amide bonds. The van der Waals surface area contributed by atoms with Crippen LogP contribution in [0, 0.1) is 0 Å². The van der Waals surface area contributed by atoms with Crippen LogP contribution in [0.4, 0.5) is 11.4 Å². The zero-order valence-electron chi connectivity index (χ0n) is 20.3. The second-order valence-corrected chi connectivity index (χ2v) is 10.0. The third-order valence-corrected chi connectivity index (χ3v) is 7.47. The Labute approximate surface area is 214 Å². The maximum atomic E-state index is 13.4. The highest BCUT2D eigenvalue weighted by molar-refractivity contribution is 6.31. The third kappa shape index (κ3) is 4.68. The van der Waals surface area contributed by atoms with Crippen LogP contribution in [0.15, 0.2) is 41.2 Å². The number of imidazole rings is 1. The van der Waals surface area contributed by atoms with Crippen molar-refractivity contribution in [3.63, 3.8) is 0 Å². The van der Waals surface area contributed by atoms with Gasteiger partial charge in [-0.2, -0.15) is 0 Å². The van der Waals surface area contributed by atoms with Crippen LogP contribution in [0.5, 0.6) is 0 Å². The van der Waals surface area contributed by atoms with E-state index in [9.17, 15) is 4.79 Å². The van der Waals surface area contributed by atoms with Crippen molar-refractivity contribution in [3.8, 4) is 11.4 Å². The van der Waals surface area contributed by atoms with Crippen molar-refractivity contribution < 1.29 is 4.74 Å². The van der Waals surface area contributed by atoms with Gasteiger partial charge in [0.15, 0.2) is 0 Å². The van der Waals surface area contributed by atoms with Gasteiger partial charge in [-0.3, -0.25) is 4.79 Å². The Hall–Kier alpha value is -3.07. The number of ether oxygens (including phenoxy) is 1. The summed E-state index contributed by atoms with van der Waals surface area (Å²) in [4.78, 5) is 29.4. The number of nitrogens with zero attached hydrogens (tertiary/aromatic N) is 3. The molecule has 36 heavy (non-hydrogen) atoms. The molecule has 0 bridgehead atoms. The topological polar surface area (TPSA) is 89.3 Å². The van der Waals surface area contributed by atoms with Gasteiger partial charge in [-0.1, -0.05) is 18.0 Å². The largest absolute Gasteiger partial charge is 0.382 e. The molecule has 2 saturated heterocycles. The number of fused-ring (bicyclic) bond motifs is 2. The Bertz CT molecular complexity index is 1440. The van der Waals surface area contributed by atoms with Crippen LogP contribution in [0.3, 0.4) is 0 Å². The average Bonchev–Trinajstić information content (AvgIpc) is 3.33. The first-order valence-electron chi connectivity index (χ1n) is 12.8. The number of benzene rings is 2. The van der Waals surface area contributed by atoms with E-state index in [0.29, 0.717) is 16.4 Å². The van der Waals surface area contributed by atoms with Crippen LogP contribution in [0.1, 0.15) is 19.3 Å². The SMILES string of the molecule is O=c1[nH]c2ccc(Cl)cc2c(NCCN2CCCCC2)c1-c1nc2ccc(N3CCOCC3)cc2[nH]1. The molecule has 0 spiro atoms. The molecule has 2 aliphatic rings. The lowest BCUT2D eigenvalue weighted by molar-refractivity contribution is 0.122. The van der Waals surface area contributed by atoms with Gasteiger partial charge in [-0.15, -0.1) is 0 Å². The summed E-state index contributed by atoms with van der Waals surface area (Å²) >= 11 is 6.38. The molecule has 9 heteroatoms. The van der Waals surface area contributed by atoms with E-state index < -0.39 is 0 Å². The number of halogens is 1. The Morgan fingerprint density at radius 2 is 1.81 bits per heavy atom. The third-order valence-electron chi connectivity index (χ3n) is 7.23. The van der Waals surface area contributed by atoms with Crippen LogP contribution in [0.25, 0.3) is 33.3 Å². The van der Waals surface area contributed by atoms with E-state index >= 15 is 0 Å². The van der Waals surface area contributed by atoms with E-state index in [-0.39, 0.29) is 5.56 Å². The number of rotatable bonds is 6. The van der Waals surface area contributed by atoms with Crippen LogP contribution in [-0.4, -0.2) is 72.3 Å². The highest BCUT2D eigenvalue weighted by Gasteiger charge is 2.20. The van der Waals surface area contributed by atoms with E-state index in [1.807, 2.05) is 18.2 Å². The molecule has 2 aliphatic heterocycles. The summed E-state index contributed by atoms with van der Waals surface area (Å²) < 4.78 is 5.49. The van der Waals surface area contributed by atoms with Gasteiger partial charge in [0.05, 0.1) is 35.5 Å². The van der Waals surface area contributed by atoms with E-state index in [0.717, 1.165) is 85.8 Å². The summed E-state index contributed by atoms with van der Waals surface area (Å²) in [5.74, 6) is 0.549. The van der Waals surface area contributed by atoms with Crippen LogP contribution >= 0.6 is 11.6 Å². The van der Waals surface area contributed by atoms with Crippen molar-refractivity contribution in [1.29, 1.82) is 0 Å². The van der Waals surface area contributed by atoms with Crippen molar-refractivity contribution >= 4 is 44.9 Å². The predicted octanol–water partition coefficient (Wildman–Crippen LogP) is 4.46. The van der Waals surface area contributed by atoms with Crippen molar-refractivity contribution in [3.05, 3.63) is 51.8 Å². The lowest BCUT2D eigenvalue weighted by atomic mass is 10.1. The molecule has 0 saturated carbocycles. The number of aromatic amines is 2. The minimum absolute atomic E-state index is 0.183. The predicted molar refractivity (Wildman–Crippen MR) is 146 cm³/mol. The fourth-order valence-corrected chi connectivity index (χ4v) is 5.50. The smallest absolute Gasteiger partial charge is 0.261 e. The summed E-state index contributed by atoms with van der Waals surface area (Å²) in [5, 5.41) is 5.08. The standard InChI is InChI=1S/C27H31ClN6O2/c28-18-4-6-21-20(16-18)25(29-8-11-33-9-2-1-3-10-33)24(27(35)32-21)26-30-22-7-5-19(17-23(22)31-26)34-12-14-36-15-13-34/h4-7,16-17H,1-3,8-15H2,(H,30,31)(H2,29,32,35). The number of morpholine rings is 1. The molecule has 2 fully saturated rings. The number of H-pyrrole nitrogens is 2. The molecule has 0 atom stereocenters. The molecule has 8 nitrogen and oxygen atoms in total. The second kappa shape index (κ2) is 10.1. The first-order chi connectivity index (χ1) is 17.7. The number of hydrogen-bond acceptors (Lipinski definition) is 6. The highest BCUT2D eigenvalue weighted by Crippen LogP contribution is 2.33. The van der Waals surface area contributed by atoms with Crippen LogP contribution in [0.2, 0.25) is 5.02 Å². The maximum Gasteiger partial charge on any atom is 0.261 e. The van der Waals surface area contributed by atoms with Gasteiger partial charge < -0.3 is 29.8 Å². The lowest BCUT2D eigenvalue weighted by Gasteiger charge is -2.28. The normalized spacial score (nSPS) is 17.2. The van der Waals surface area contributed by atoms with Crippen molar-refractivity contribution in [1.82, 2.24) is 19.9 Å².